The molecule has 0 radical (unpaired) electrons. The Balaban J connectivity index is 1.44. The number of nitrogens with zero attached hydrogens (tertiary/aromatic N) is 1. The van der Waals surface area contributed by atoms with E-state index in [-0.39, 0.29) is 5.91 Å². The van der Waals surface area contributed by atoms with Crippen molar-refractivity contribution in [3.05, 3.63) is 72.5 Å². The highest BCUT2D eigenvalue weighted by Gasteiger charge is 2.17. The average molecular weight is 485 g/mol. The Morgan fingerprint density at radius 2 is 1.86 bits per heavy atom. The van der Waals surface area contributed by atoms with Gasteiger partial charge in [0.15, 0.2) is 0 Å². The summed E-state index contributed by atoms with van der Waals surface area (Å²) in [7, 11) is 0. The van der Waals surface area contributed by atoms with Crippen LogP contribution in [0.5, 0.6) is 5.75 Å². The van der Waals surface area contributed by atoms with Gasteiger partial charge in [0.05, 0.1) is 26.1 Å². The van der Waals surface area contributed by atoms with Crippen LogP contribution in [0.2, 0.25) is 0 Å². The minimum atomic E-state index is -0.107. The molecular formula is C30H32N2O4. The van der Waals surface area contributed by atoms with E-state index < -0.39 is 0 Å². The van der Waals surface area contributed by atoms with E-state index in [1.165, 1.54) is 10.8 Å². The molecule has 1 fully saturated rings. The molecule has 0 bridgehead atoms. The molecule has 186 valence electrons. The van der Waals surface area contributed by atoms with E-state index in [1.54, 1.807) is 6.08 Å². The van der Waals surface area contributed by atoms with Crippen molar-refractivity contribution in [1.29, 1.82) is 0 Å². The van der Waals surface area contributed by atoms with Gasteiger partial charge in [-0.1, -0.05) is 42.5 Å². The number of amides is 1. The van der Waals surface area contributed by atoms with Gasteiger partial charge >= 0.3 is 0 Å². The number of fused-ring (bicyclic) bond motifs is 2. The van der Waals surface area contributed by atoms with Gasteiger partial charge in [-0.05, 0) is 41.8 Å². The minimum absolute atomic E-state index is 0.107. The number of rotatable bonds is 8. The summed E-state index contributed by atoms with van der Waals surface area (Å²) in [6, 6.07) is 18.7. The summed E-state index contributed by atoms with van der Waals surface area (Å²) in [4.78, 5) is 15.0. The van der Waals surface area contributed by atoms with Crippen LogP contribution >= 0.6 is 0 Å². The van der Waals surface area contributed by atoms with Gasteiger partial charge in [-0.15, -0.1) is 0 Å². The average Bonchev–Trinajstić information content (AvgIpc) is 3.31. The third kappa shape index (κ3) is 5.15. The first-order valence-corrected chi connectivity index (χ1v) is 12.6. The largest absolute Gasteiger partial charge is 0.493 e. The maximum Gasteiger partial charge on any atom is 0.244 e. The number of ether oxygens (including phenoxy) is 2. The van der Waals surface area contributed by atoms with Crippen LogP contribution in [-0.2, 0) is 9.53 Å². The predicted molar refractivity (Wildman–Crippen MR) is 144 cm³/mol. The fourth-order valence-corrected chi connectivity index (χ4v) is 4.79. The van der Waals surface area contributed by atoms with Crippen LogP contribution in [0.15, 0.2) is 71.4 Å². The summed E-state index contributed by atoms with van der Waals surface area (Å²) >= 11 is 0. The lowest BCUT2D eigenvalue weighted by molar-refractivity contribution is -0.116. The number of carbonyl (C=O) groups excluding carboxylic acids is 1. The number of hydrogen-bond acceptors (Lipinski definition) is 5. The van der Waals surface area contributed by atoms with Crippen molar-refractivity contribution >= 4 is 33.2 Å². The Morgan fingerprint density at radius 1 is 1.06 bits per heavy atom. The summed E-state index contributed by atoms with van der Waals surface area (Å²) < 4.78 is 17.3. The Kier molecular flexibility index (Phi) is 7.35. The van der Waals surface area contributed by atoms with Crippen LogP contribution in [0.3, 0.4) is 0 Å². The monoisotopic (exact) mass is 484 g/mol. The molecule has 1 aliphatic rings. The molecule has 1 aromatic heterocycles. The van der Waals surface area contributed by atoms with Crippen molar-refractivity contribution < 1.29 is 18.7 Å². The van der Waals surface area contributed by atoms with Crippen molar-refractivity contribution in [1.82, 2.24) is 10.2 Å². The van der Waals surface area contributed by atoms with Crippen LogP contribution in [0.1, 0.15) is 19.4 Å². The maximum absolute atomic E-state index is 12.7. The Morgan fingerprint density at radius 3 is 2.69 bits per heavy atom. The van der Waals surface area contributed by atoms with Crippen molar-refractivity contribution in [2.75, 3.05) is 46.0 Å². The number of carbonyl (C=O) groups is 1. The fourth-order valence-electron chi connectivity index (χ4n) is 4.79. The molecule has 1 amide bonds. The summed E-state index contributed by atoms with van der Waals surface area (Å²) in [5.41, 5.74) is 4.62. The summed E-state index contributed by atoms with van der Waals surface area (Å²) in [5, 5.41) is 6.36. The van der Waals surface area contributed by atoms with Gasteiger partial charge in [0.25, 0.3) is 0 Å². The van der Waals surface area contributed by atoms with Gasteiger partial charge < -0.3 is 19.2 Å². The Bertz CT molecular complexity index is 1390. The lowest BCUT2D eigenvalue weighted by atomic mass is 9.96. The number of furan rings is 1. The summed E-state index contributed by atoms with van der Waals surface area (Å²) in [5.74, 6) is 0.600. The number of allylic oxidation sites excluding steroid dienone is 1. The van der Waals surface area contributed by atoms with E-state index in [4.69, 9.17) is 13.9 Å². The number of hydrogen-bond donors (Lipinski definition) is 1. The Hall–Kier alpha value is -3.61. The van der Waals surface area contributed by atoms with Crippen LogP contribution in [0, 0.1) is 0 Å². The lowest BCUT2D eigenvalue weighted by Crippen LogP contribution is -2.41. The first kappa shape index (κ1) is 24.1. The number of nitrogens with one attached hydrogen (secondary N) is 1. The molecule has 5 rings (SSSR count). The van der Waals surface area contributed by atoms with Crippen molar-refractivity contribution in [3.8, 4) is 16.9 Å². The van der Waals surface area contributed by atoms with Gasteiger partial charge in [0, 0.05) is 54.8 Å². The molecule has 1 saturated heterocycles. The molecule has 4 aromatic rings. The SMILES string of the molecule is CCOc1cc2occ(-c3cccc4ccccc34)c2cc1/C(C)=C/C(=O)NCCN1CCOCC1. The second-order valence-corrected chi connectivity index (χ2v) is 9.03. The molecular weight excluding hydrogens is 452 g/mol. The quantitative estimate of drug-likeness (QED) is 0.335. The first-order valence-electron chi connectivity index (χ1n) is 12.6. The highest BCUT2D eigenvalue weighted by Crippen LogP contribution is 2.39. The van der Waals surface area contributed by atoms with E-state index in [0.717, 1.165) is 66.1 Å². The van der Waals surface area contributed by atoms with Crippen LogP contribution in [-0.4, -0.2) is 56.8 Å². The first-order chi connectivity index (χ1) is 17.6. The fraction of sp³-hybridized carbons (Fsp3) is 0.300. The standard InChI is InChI=1S/C30H32N2O4/c1-3-35-28-19-29-26(27(20-36-29)24-10-6-8-22-7-4-5-9-23(22)24)18-25(28)21(2)17-30(33)31-11-12-32-13-15-34-16-14-32/h4-10,17-20H,3,11-16H2,1-2H3,(H,31,33)/b21-17+. The highest BCUT2D eigenvalue weighted by molar-refractivity contribution is 6.06. The Labute approximate surface area is 211 Å². The van der Waals surface area contributed by atoms with Gasteiger partial charge in [0.2, 0.25) is 5.91 Å². The maximum atomic E-state index is 12.7. The molecule has 1 aliphatic heterocycles. The molecule has 2 heterocycles. The molecule has 1 N–H and O–H groups in total. The smallest absolute Gasteiger partial charge is 0.244 e. The topological polar surface area (TPSA) is 63.9 Å². The molecule has 0 aliphatic carbocycles. The number of benzene rings is 3. The minimum Gasteiger partial charge on any atom is -0.493 e. The van der Waals surface area contributed by atoms with E-state index in [9.17, 15) is 4.79 Å². The second kappa shape index (κ2) is 11.0. The van der Waals surface area contributed by atoms with E-state index >= 15 is 0 Å². The summed E-state index contributed by atoms with van der Waals surface area (Å²) in [6.07, 6.45) is 3.46. The molecule has 6 heteroatoms. The zero-order chi connectivity index (χ0) is 24.9. The summed E-state index contributed by atoms with van der Waals surface area (Å²) in [6.45, 7) is 9.17. The molecule has 0 saturated carbocycles. The van der Waals surface area contributed by atoms with Gasteiger partial charge in [-0.2, -0.15) is 0 Å². The third-order valence-corrected chi connectivity index (χ3v) is 6.66. The second-order valence-electron chi connectivity index (χ2n) is 9.03. The molecule has 3 aromatic carbocycles. The van der Waals surface area contributed by atoms with Crippen LogP contribution < -0.4 is 10.1 Å². The highest BCUT2D eigenvalue weighted by atomic mass is 16.5. The van der Waals surface area contributed by atoms with Gasteiger partial charge in [0.1, 0.15) is 11.3 Å². The molecule has 0 spiro atoms. The zero-order valence-electron chi connectivity index (χ0n) is 20.9. The molecule has 6 nitrogen and oxygen atoms in total. The normalized spacial score (nSPS) is 14.9. The van der Waals surface area contributed by atoms with Crippen molar-refractivity contribution in [3.63, 3.8) is 0 Å². The van der Waals surface area contributed by atoms with Gasteiger partial charge in [-0.3, -0.25) is 9.69 Å². The molecule has 0 unspecified atom stereocenters. The van der Waals surface area contributed by atoms with E-state index in [2.05, 4.69) is 52.7 Å². The van der Waals surface area contributed by atoms with Crippen LogP contribution in [0.25, 0.3) is 38.4 Å². The van der Waals surface area contributed by atoms with Crippen molar-refractivity contribution in [2.24, 2.45) is 0 Å². The van der Waals surface area contributed by atoms with Crippen molar-refractivity contribution in [2.45, 2.75) is 13.8 Å². The predicted octanol–water partition coefficient (Wildman–Crippen LogP) is 5.50. The lowest BCUT2D eigenvalue weighted by Gasteiger charge is -2.26. The number of morpholine rings is 1. The third-order valence-electron chi connectivity index (χ3n) is 6.66. The van der Waals surface area contributed by atoms with E-state index in [1.807, 2.05) is 32.2 Å². The van der Waals surface area contributed by atoms with Gasteiger partial charge in [-0.25, -0.2) is 0 Å². The van der Waals surface area contributed by atoms with Crippen LogP contribution in [0.4, 0.5) is 0 Å². The zero-order valence-corrected chi connectivity index (χ0v) is 20.9. The van der Waals surface area contributed by atoms with E-state index in [0.29, 0.717) is 18.9 Å². The molecule has 36 heavy (non-hydrogen) atoms. The molecule has 0 atom stereocenters.